The van der Waals surface area contributed by atoms with Crippen LogP contribution in [0.3, 0.4) is 0 Å². The van der Waals surface area contributed by atoms with Gasteiger partial charge in [0.05, 0.1) is 13.0 Å². The highest BCUT2D eigenvalue weighted by atomic mass is 35.5. The number of ether oxygens (including phenoxy) is 1. The fourth-order valence-electron chi connectivity index (χ4n) is 2.00. The molecule has 0 radical (unpaired) electrons. The first kappa shape index (κ1) is 15.4. The minimum absolute atomic E-state index is 0.0486. The van der Waals surface area contributed by atoms with Gasteiger partial charge in [0.25, 0.3) is 0 Å². The van der Waals surface area contributed by atoms with Crippen LogP contribution < -0.4 is 4.74 Å². The molecule has 2 N–H and O–H groups in total. The first-order valence-corrected chi connectivity index (χ1v) is 6.78. The Labute approximate surface area is 127 Å². The van der Waals surface area contributed by atoms with Gasteiger partial charge >= 0.3 is 5.97 Å². The molecule has 4 nitrogen and oxygen atoms in total. The van der Waals surface area contributed by atoms with Crippen LogP contribution in [-0.2, 0) is 24.4 Å². The summed E-state index contributed by atoms with van der Waals surface area (Å²) in [5.74, 6) is -0.350. The van der Waals surface area contributed by atoms with Gasteiger partial charge in [0.1, 0.15) is 12.4 Å². The smallest absolute Gasteiger partial charge is 0.307 e. The monoisotopic (exact) mass is 306 g/mol. The Balaban J connectivity index is 2.15. The van der Waals surface area contributed by atoms with E-state index in [2.05, 4.69) is 0 Å². The van der Waals surface area contributed by atoms with Gasteiger partial charge in [0.15, 0.2) is 0 Å². The topological polar surface area (TPSA) is 66.8 Å². The van der Waals surface area contributed by atoms with Crippen molar-refractivity contribution in [2.45, 2.75) is 19.6 Å². The molecule has 5 heteroatoms. The SMILES string of the molecule is O=C(O)Cc1ccccc1COc1ccc(Cl)cc1CO. The van der Waals surface area contributed by atoms with Crippen LogP contribution in [0.1, 0.15) is 16.7 Å². The first-order valence-electron chi connectivity index (χ1n) is 6.41. The number of halogens is 1. The van der Waals surface area contributed by atoms with E-state index in [4.69, 9.17) is 21.4 Å². The van der Waals surface area contributed by atoms with Crippen molar-refractivity contribution in [2.75, 3.05) is 0 Å². The molecule has 0 spiro atoms. The highest BCUT2D eigenvalue weighted by molar-refractivity contribution is 6.30. The number of aliphatic hydroxyl groups is 1. The molecule has 110 valence electrons. The standard InChI is InChI=1S/C16H15ClO4/c17-14-5-6-15(13(7-14)9-18)21-10-12-4-2-1-3-11(12)8-16(19)20/h1-7,18H,8-10H2,(H,19,20). The Kier molecular flexibility index (Phi) is 5.20. The van der Waals surface area contributed by atoms with Gasteiger partial charge in [-0.3, -0.25) is 4.79 Å². The summed E-state index contributed by atoms with van der Waals surface area (Å²) in [5, 5.41) is 18.7. The molecule has 0 saturated heterocycles. The van der Waals surface area contributed by atoms with Crippen molar-refractivity contribution in [2.24, 2.45) is 0 Å². The van der Waals surface area contributed by atoms with Gasteiger partial charge in [-0.05, 0) is 29.3 Å². The number of aliphatic carboxylic acids is 1. The number of aliphatic hydroxyl groups excluding tert-OH is 1. The maximum Gasteiger partial charge on any atom is 0.307 e. The molecule has 21 heavy (non-hydrogen) atoms. The van der Waals surface area contributed by atoms with E-state index in [0.717, 1.165) is 5.56 Å². The minimum Gasteiger partial charge on any atom is -0.489 e. The van der Waals surface area contributed by atoms with Gasteiger partial charge in [-0.1, -0.05) is 35.9 Å². The zero-order chi connectivity index (χ0) is 15.2. The number of hydrogen-bond acceptors (Lipinski definition) is 3. The van der Waals surface area contributed by atoms with E-state index in [1.165, 1.54) is 0 Å². The minimum atomic E-state index is -0.884. The Hall–Kier alpha value is -2.04. The molecule has 0 aliphatic rings. The molecule has 2 aromatic carbocycles. The summed E-state index contributed by atoms with van der Waals surface area (Å²) < 4.78 is 5.68. The fraction of sp³-hybridized carbons (Fsp3) is 0.188. The van der Waals surface area contributed by atoms with Crippen molar-refractivity contribution in [1.29, 1.82) is 0 Å². The largest absolute Gasteiger partial charge is 0.489 e. The summed E-state index contributed by atoms with van der Waals surface area (Å²) in [7, 11) is 0. The summed E-state index contributed by atoms with van der Waals surface area (Å²) in [5.41, 5.74) is 2.11. The van der Waals surface area contributed by atoms with Crippen LogP contribution in [0.4, 0.5) is 0 Å². The van der Waals surface area contributed by atoms with Crippen LogP contribution >= 0.6 is 11.6 Å². The molecule has 0 aromatic heterocycles. The molecule has 0 atom stereocenters. The fourth-order valence-corrected chi connectivity index (χ4v) is 2.20. The number of hydrogen-bond donors (Lipinski definition) is 2. The molecule has 0 aliphatic heterocycles. The second-order valence-corrected chi connectivity index (χ2v) is 4.97. The number of carbonyl (C=O) groups is 1. The van der Waals surface area contributed by atoms with Crippen molar-refractivity contribution >= 4 is 17.6 Å². The second-order valence-electron chi connectivity index (χ2n) is 4.54. The molecule has 0 unspecified atom stereocenters. The first-order chi connectivity index (χ1) is 10.1. The maximum absolute atomic E-state index is 10.8. The summed E-state index contributed by atoms with van der Waals surface area (Å²) in [6, 6.07) is 12.2. The van der Waals surface area contributed by atoms with Gasteiger partial charge < -0.3 is 14.9 Å². The predicted octanol–water partition coefficient (Wildman–Crippen LogP) is 3.04. The Bertz CT molecular complexity index is 640. The molecular weight excluding hydrogens is 292 g/mol. The number of carboxylic acid groups (broad SMARTS) is 1. The number of rotatable bonds is 6. The molecule has 0 saturated carbocycles. The molecule has 2 rings (SSSR count). The Morgan fingerprint density at radius 2 is 1.81 bits per heavy atom. The average molecular weight is 307 g/mol. The van der Waals surface area contributed by atoms with E-state index < -0.39 is 5.97 Å². The van der Waals surface area contributed by atoms with Gasteiger partial charge in [-0.25, -0.2) is 0 Å². The number of benzene rings is 2. The summed E-state index contributed by atoms with van der Waals surface area (Å²) in [6.45, 7) is 0.0603. The molecule has 0 amide bonds. The highest BCUT2D eigenvalue weighted by Crippen LogP contribution is 2.24. The van der Waals surface area contributed by atoms with Gasteiger partial charge in [0.2, 0.25) is 0 Å². The summed E-state index contributed by atoms with van der Waals surface area (Å²) in [6.07, 6.45) is -0.0486. The van der Waals surface area contributed by atoms with Crippen LogP contribution in [0.5, 0.6) is 5.75 Å². The molecular formula is C16H15ClO4. The zero-order valence-electron chi connectivity index (χ0n) is 11.3. The van der Waals surface area contributed by atoms with E-state index in [1.54, 1.807) is 30.3 Å². The molecule has 2 aromatic rings. The van der Waals surface area contributed by atoms with E-state index in [1.807, 2.05) is 12.1 Å². The second kappa shape index (κ2) is 7.11. The quantitative estimate of drug-likeness (QED) is 0.861. The van der Waals surface area contributed by atoms with Crippen molar-refractivity contribution in [3.05, 3.63) is 64.2 Å². The van der Waals surface area contributed by atoms with Crippen molar-refractivity contribution < 1.29 is 19.7 Å². The summed E-state index contributed by atoms with van der Waals surface area (Å²) in [4.78, 5) is 10.8. The third-order valence-corrected chi connectivity index (χ3v) is 3.27. The zero-order valence-corrected chi connectivity index (χ0v) is 12.0. The van der Waals surface area contributed by atoms with Crippen LogP contribution in [0.25, 0.3) is 0 Å². The van der Waals surface area contributed by atoms with E-state index in [-0.39, 0.29) is 19.6 Å². The van der Waals surface area contributed by atoms with Crippen LogP contribution in [0.15, 0.2) is 42.5 Å². The lowest BCUT2D eigenvalue weighted by molar-refractivity contribution is -0.136. The molecule has 0 aliphatic carbocycles. The average Bonchev–Trinajstić information content (AvgIpc) is 2.46. The maximum atomic E-state index is 10.8. The van der Waals surface area contributed by atoms with E-state index in [0.29, 0.717) is 21.9 Å². The van der Waals surface area contributed by atoms with Gasteiger partial charge in [0, 0.05) is 10.6 Å². The third-order valence-electron chi connectivity index (χ3n) is 3.04. The highest BCUT2D eigenvalue weighted by Gasteiger charge is 2.09. The molecule has 0 fully saturated rings. The van der Waals surface area contributed by atoms with Crippen LogP contribution in [0, 0.1) is 0 Å². The van der Waals surface area contributed by atoms with Crippen LogP contribution in [0.2, 0.25) is 5.02 Å². The normalized spacial score (nSPS) is 10.4. The Morgan fingerprint density at radius 3 is 2.48 bits per heavy atom. The van der Waals surface area contributed by atoms with Gasteiger partial charge in [-0.15, -0.1) is 0 Å². The number of carboxylic acids is 1. The van der Waals surface area contributed by atoms with Crippen molar-refractivity contribution in [3.63, 3.8) is 0 Å². The van der Waals surface area contributed by atoms with E-state index >= 15 is 0 Å². The van der Waals surface area contributed by atoms with E-state index in [9.17, 15) is 9.90 Å². The Morgan fingerprint density at radius 1 is 1.10 bits per heavy atom. The van der Waals surface area contributed by atoms with Crippen molar-refractivity contribution in [1.82, 2.24) is 0 Å². The molecule has 0 heterocycles. The van der Waals surface area contributed by atoms with Crippen molar-refractivity contribution in [3.8, 4) is 5.75 Å². The lowest BCUT2D eigenvalue weighted by atomic mass is 10.1. The van der Waals surface area contributed by atoms with Gasteiger partial charge in [-0.2, -0.15) is 0 Å². The lowest BCUT2D eigenvalue weighted by Crippen LogP contribution is -2.06. The van der Waals surface area contributed by atoms with Crippen LogP contribution in [-0.4, -0.2) is 16.2 Å². The molecule has 0 bridgehead atoms. The third kappa shape index (κ3) is 4.21. The summed E-state index contributed by atoms with van der Waals surface area (Å²) >= 11 is 5.86. The predicted molar refractivity (Wildman–Crippen MR) is 79.5 cm³/mol. The lowest BCUT2D eigenvalue weighted by Gasteiger charge is -2.12.